The molecule has 1 aliphatic heterocycles. The average molecular weight is 376 g/mol. The molecule has 9 nitrogen and oxygen atoms in total. The number of aryl methyl sites for hydroxylation is 1. The smallest absolute Gasteiger partial charge is 0.221 e. The molecule has 142 valence electrons. The van der Waals surface area contributed by atoms with Crippen molar-refractivity contribution in [3.8, 4) is 11.4 Å². The fourth-order valence-electron chi connectivity index (χ4n) is 3.55. The summed E-state index contributed by atoms with van der Waals surface area (Å²) in [5, 5.41) is 14.1. The summed E-state index contributed by atoms with van der Waals surface area (Å²) in [7, 11) is 0. The number of rotatable bonds is 4. The minimum absolute atomic E-state index is 0.226. The van der Waals surface area contributed by atoms with Crippen LogP contribution >= 0.6 is 0 Å². The fraction of sp³-hybridized carbons (Fsp3) is 0.316. The molecule has 0 bridgehead atoms. The van der Waals surface area contributed by atoms with Crippen LogP contribution in [0, 0.1) is 6.92 Å². The van der Waals surface area contributed by atoms with E-state index in [1.807, 2.05) is 48.3 Å². The van der Waals surface area contributed by atoms with E-state index < -0.39 is 0 Å². The van der Waals surface area contributed by atoms with Gasteiger partial charge in [-0.2, -0.15) is 5.10 Å². The Labute approximate surface area is 161 Å². The molecule has 0 saturated carbocycles. The largest absolute Gasteiger partial charge is 0.379 e. The van der Waals surface area contributed by atoms with E-state index in [9.17, 15) is 0 Å². The van der Waals surface area contributed by atoms with Gasteiger partial charge in [0.15, 0.2) is 0 Å². The topological polar surface area (TPSA) is 110 Å². The van der Waals surface area contributed by atoms with E-state index in [4.69, 9.17) is 10.5 Å². The zero-order valence-electron chi connectivity index (χ0n) is 15.5. The third kappa shape index (κ3) is 2.99. The van der Waals surface area contributed by atoms with E-state index in [2.05, 4.69) is 25.4 Å². The van der Waals surface area contributed by atoms with Crippen molar-refractivity contribution in [1.29, 1.82) is 0 Å². The van der Waals surface area contributed by atoms with Gasteiger partial charge in [-0.15, -0.1) is 5.10 Å². The molecule has 28 heavy (non-hydrogen) atoms. The van der Waals surface area contributed by atoms with Crippen molar-refractivity contribution in [2.45, 2.75) is 25.9 Å². The molecule has 0 amide bonds. The van der Waals surface area contributed by atoms with Gasteiger partial charge in [-0.1, -0.05) is 23.4 Å². The van der Waals surface area contributed by atoms with Gasteiger partial charge in [0.2, 0.25) is 5.95 Å². The van der Waals surface area contributed by atoms with Gasteiger partial charge in [0.25, 0.3) is 0 Å². The lowest BCUT2D eigenvalue weighted by Gasteiger charge is -2.07. The molecule has 1 aliphatic rings. The minimum Gasteiger partial charge on any atom is -0.379 e. The molecule has 0 spiro atoms. The summed E-state index contributed by atoms with van der Waals surface area (Å²) in [6, 6.07) is 8.27. The van der Waals surface area contributed by atoms with Crippen LogP contribution in [-0.4, -0.2) is 48.0 Å². The van der Waals surface area contributed by atoms with Crippen LogP contribution in [0.5, 0.6) is 0 Å². The van der Waals surface area contributed by atoms with E-state index in [1.54, 1.807) is 4.68 Å². The molecule has 3 aromatic heterocycles. The normalized spacial score (nSPS) is 16.8. The summed E-state index contributed by atoms with van der Waals surface area (Å²) in [5.41, 5.74) is 10.1. The van der Waals surface area contributed by atoms with Crippen LogP contribution in [-0.2, 0) is 11.3 Å². The van der Waals surface area contributed by atoms with Crippen LogP contribution in [0.2, 0.25) is 0 Å². The van der Waals surface area contributed by atoms with Crippen molar-refractivity contribution in [1.82, 2.24) is 34.7 Å². The van der Waals surface area contributed by atoms with E-state index in [0.29, 0.717) is 24.0 Å². The summed E-state index contributed by atoms with van der Waals surface area (Å²) in [6.45, 7) is 4.05. The van der Waals surface area contributed by atoms with Crippen molar-refractivity contribution in [2.24, 2.45) is 0 Å². The Bertz CT molecular complexity index is 1140. The molecular formula is C19H20N8O. The molecule has 0 aliphatic carbocycles. The summed E-state index contributed by atoms with van der Waals surface area (Å²) < 4.78 is 9.16. The molecule has 1 fully saturated rings. The zero-order chi connectivity index (χ0) is 19.1. The molecule has 0 unspecified atom stereocenters. The van der Waals surface area contributed by atoms with Crippen molar-refractivity contribution >= 4 is 16.9 Å². The first-order chi connectivity index (χ1) is 13.7. The van der Waals surface area contributed by atoms with Gasteiger partial charge >= 0.3 is 0 Å². The maximum Gasteiger partial charge on any atom is 0.221 e. The van der Waals surface area contributed by atoms with Crippen molar-refractivity contribution in [3.63, 3.8) is 0 Å². The Morgan fingerprint density at radius 3 is 3.04 bits per heavy atom. The Hall–Kier alpha value is -3.33. The van der Waals surface area contributed by atoms with Gasteiger partial charge in [-0.25, -0.2) is 14.6 Å². The fourth-order valence-corrected chi connectivity index (χ4v) is 3.55. The first-order valence-corrected chi connectivity index (χ1v) is 9.22. The van der Waals surface area contributed by atoms with Crippen LogP contribution in [0.4, 0.5) is 5.95 Å². The molecule has 1 aromatic carbocycles. The van der Waals surface area contributed by atoms with Crippen molar-refractivity contribution in [3.05, 3.63) is 47.9 Å². The molecule has 1 atom stereocenters. The highest BCUT2D eigenvalue weighted by Crippen LogP contribution is 2.27. The first kappa shape index (κ1) is 16.8. The Kier molecular flexibility index (Phi) is 4.01. The maximum atomic E-state index is 5.92. The van der Waals surface area contributed by atoms with E-state index in [-0.39, 0.29) is 5.95 Å². The number of aromatic nitrogens is 7. The minimum atomic E-state index is 0.226. The summed E-state index contributed by atoms with van der Waals surface area (Å²) in [6.07, 6.45) is 4.85. The zero-order valence-corrected chi connectivity index (χ0v) is 15.5. The van der Waals surface area contributed by atoms with E-state index in [0.717, 1.165) is 41.8 Å². The van der Waals surface area contributed by atoms with Gasteiger partial charge in [0.1, 0.15) is 11.4 Å². The molecule has 9 heteroatoms. The summed E-state index contributed by atoms with van der Waals surface area (Å²) in [5.74, 6) is 0.226. The van der Waals surface area contributed by atoms with Crippen LogP contribution in [0.3, 0.4) is 0 Å². The molecule has 0 radical (unpaired) electrons. The highest BCUT2D eigenvalue weighted by atomic mass is 16.5. The Balaban J connectivity index is 1.44. The standard InChI is InChI=1S/C19H20N8O/c1-12-3-2-4-15-17(12)21-19(20)22-18(15)16-10-26(25-23-16)9-13-5-7-27(24-13)14-6-8-28-11-14/h2-5,7,10,14H,6,8-9,11H2,1H3,(H2,20,21,22)/t14-/m1/s1. The number of fused-ring (bicyclic) bond motifs is 1. The average Bonchev–Trinajstić information content (AvgIpc) is 3.44. The lowest BCUT2D eigenvalue weighted by molar-refractivity contribution is 0.184. The number of ether oxygens (including phenoxy) is 1. The number of benzene rings is 1. The summed E-state index contributed by atoms with van der Waals surface area (Å²) in [4.78, 5) is 8.77. The molecule has 5 rings (SSSR count). The second-order valence-corrected chi connectivity index (χ2v) is 7.01. The van der Waals surface area contributed by atoms with Gasteiger partial charge in [0.05, 0.1) is 36.6 Å². The lowest BCUT2D eigenvalue weighted by Crippen LogP contribution is -2.10. The number of nitrogen functional groups attached to an aromatic ring is 1. The SMILES string of the molecule is Cc1cccc2c(-c3cn(Cc4ccn([C@@H]5CCOC5)n4)nn3)nc(N)nc12. The monoisotopic (exact) mass is 376 g/mol. The molecular weight excluding hydrogens is 356 g/mol. The second kappa shape index (κ2) is 6.68. The van der Waals surface area contributed by atoms with Crippen molar-refractivity contribution in [2.75, 3.05) is 18.9 Å². The van der Waals surface area contributed by atoms with Gasteiger partial charge in [0, 0.05) is 18.2 Å². The second-order valence-electron chi connectivity index (χ2n) is 7.01. The summed E-state index contributed by atoms with van der Waals surface area (Å²) >= 11 is 0. The number of hydrogen-bond donors (Lipinski definition) is 1. The third-order valence-corrected chi connectivity index (χ3v) is 4.99. The molecule has 4 heterocycles. The van der Waals surface area contributed by atoms with E-state index >= 15 is 0 Å². The number of nitrogens with two attached hydrogens (primary N) is 1. The maximum absolute atomic E-state index is 5.92. The van der Waals surface area contributed by atoms with Gasteiger partial charge < -0.3 is 10.5 Å². The number of nitrogens with zero attached hydrogens (tertiary/aromatic N) is 7. The highest BCUT2D eigenvalue weighted by Gasteiger charge is 2.19. The number of hydrogen-bond acceptors (Lipinski definition) is 7. The first-order valence-electron chi connectivity index (χ1n) is 9.22. The Morgan fingerprint density at radius 2 is 2.18 bits per heavy atom. The van der Waals surface area contributed by atoms with E-state index in [1.165, 1.54) is 0 Å². The molecule has 2 N–H and O–H groups in total. The third-order valence-electron chi connectivity index (χ3n) is 4.99. The molecule has 4 aromatic rings. The van der Waals surface area contributed by atoms with Crippen LogP contribution in [0.25, 0.3) is 22.3 Å². The molecule has 1 saturated heterocycles. The number of para-hydroxylation sites is 1. The quantitative estimate of drug-likeness (QED) is 0.580. The Morgan fingerprint density at radius 1 is 1.25 bits per heavy atom. The van der Waals surface area contributed by atoms with Gasteiger partial charge in [-0.3, -0.25) is 4.68 Å². The lowest BCUT2D eigenvalue weighted by atomic mass is 10.1. The van der Waals surface area contributed by atoms with Crippen LogP contribution in [0.1, 0.15) is 23.7 Å². The highest BCUT2D eigenvalue weighted by molar-refractivity contribution is 5.93. The predicted molar refractivity (Wildman–Crippen MR) is 104 cm³/mol. The van der Waals surface area contributed by atoms with Crippen LogP contribution in [0.15, 0.2) is 36.7 Å². The predicted octanol–water partition coefficient (Wildman–Crippen LogP) is 1.99. The van der Waals surface area contributed by atoms with Crippen LogP contribution < -0.4 is 5.73 Å². The number of anilines is 1. The van der Waals surface area contributed by atoms with Crippen molar-refractivity contribution < 1.29 is 4.74 Å². The van der Waals surface area contributed by atoms with Gasteiger partial charge in [-0.05, 0) is 25.0 Å².